The Balaban J connectivity index is 2.11. The summed E-state index contributed by atoms with van der Waals surface area (Å²) in [6, 6.07) is 10.4. The molecule has 0 amide bonds. The number of nitrogens with zero attached hydrogens (tertiary/aromatic N) is 1. The van der Waals surface area contributed by atoms with E-state index in [1.165, 1.54) is 29.1 Å². The van der Waals surface area contributed by atoms with Crippen molar-refractivity contribution in [2.45, 2.75) is 6.92 Å². The number of carbonyl (C=O) groups is 1. The molecule has 3 aromatic rings. The molecule has 5 nitrogen and oxygen atoms in total. The Hall–Kier alpha value is -2.83. The van der Waals surface area contributed by atoms with Crippen molar-refractivity contribution < 1.29 is 14.6 Å². The van der Waals surface area contributed by atoms with Crippen LogP contribution in [0.15, 0.2) is 41.2 Å². The van der Waals surface area contributed by atoms with Gasteiger partial charge in [0, 0.05) is 18.7 Å². The molecule has 0 unspecified atom stereocenters. The van der Waals surface area contributed by atoms with Gasteiger partial charge in [-0.15, -0.1) is 11.3 Å². The zero-order valence-corrected chi connectivity index (χ0v) is 17.1. The predicted octanol–water partition coefficient (Wildman–Crippen LogP) is 2.62. The van der Waals surface area contributed by atoms with Crippen molar-refractivity contribution in [3.63, 3.8) is 0 Å². The van der Waals surface area contributed by atoms with Crippen molar-refractivity contribution in [1.82, 2.24) is 4.57 Å². The van der Waals surface area contributed by atoms with Gasteiger partial charge in [-0.3, -0.25) is 9.59 Å². The van der Waals surface area contributed by atoms with E-state index in [0.717, 1.165) is 5.56 Å². The lowest BCUT2D eigenvalue weighted by molar-refractivity contribution is 0.106. The number of thiazole rings is 1. The molecule has 0 saturated carbocycles. The van der Waals surface area contributed by atoms with Crippen LogP contribution in [0.3, 0.4) is 0 Å². The molecule has 0 fully saturated rings. The molecule has 144 valence electrons. The second-order valence-corrected chi connectivity index (χ2v) is 7.66. The summed E-state index contributed by atoms with van der Waals surface area (Å²) in [5.74, 6) is -0.0947. The van der Waals surface area contributed by atoms with Gasteiger partial charge < -0.3 is 14.4 Å². The van der Waals surface area contributed by atoms with E-state index < -0.39 is 0 Å². The minimum atomic E-state index is -0.225. The zero-order valence-electron chi connectivity index (χ0n) is 15.5. The van der Waals surface area contributed by atoms with E-state index in [9.17, 15) is 14.7 Å². The third kappa shape index (κ3) is 3.88. The first-order chi connectivity index (χ1) is 13.3. The van der Waals surface area contributed by atoms with Crippen LogP contribution in [-0.4, -0.2) is 22.6 Å². The third-order valence-electron chi connectivity index (χ3n) is 4.29. The molecular formula is C21H18ClNO4S. The summed E-state index contributed by atoms with van der Waals surface area (Å²) >= 11 is 7.22. The van der Waals surface area contributed by atoms with Crippen molar-refractivity contribution in [3.05, 3.63) is 77.7 Å². The smallest absolute Gasteiger partial charge is 0.268 e. The van der Waals surface area contributed by atoms with Gasteiger partial charge in [-0.2, -0.15) is 0 Å². The van der Waals surface area contributed by atoms with Gasteiger partial charge >= 0.3 is 0 Å². The first-order valence-electron chi connectivity index (χ1n) is 8.37. The van der Waals surface area contributed by atoms with E-state index in [2.05, 4.69) is 0 Å². The van der Waals surface area contributed by atoms with Crippen LogP contribution in [0.2, 0.25) is 5.02 Å². The Morgan fingerprint density at radius 1 is 1.29 bits per heavy atom. The van der Waals surface area contributed by atoms with E-state index in [0.29, 0.717) is 20.3 Å². The predicted molar refractivity (Wildman–Crippen MR) is 112 cm³/mol. The summed E-state index contributed by atoms with van der Waals surface area (Å²) in [6.45, 7) is 1.87. The Morgan fingerprint density at radius 2 is 2.00 bits per heavy atom. The first kappa shape index (κ1) is 19.9. The number of benzene rings is 2. The summed E-state index contributed by atoms with van der Waals surface area (Å²) in [6.07, 6.45) is 3.12. The Morgan fingerprint density at radius 3 is 2.68 bits per heavy atom. The lowest BCUT2D eigenvalue weighted by Gasteiger charge is -2.05. The third-order valence-corrected chi connectivity index (χ3v) is 5.70. The maximum atomic E-state index is 12.6. The molecule has 1 aromatic heterocycles. The molecular weight excluding hydrogens is 398 g/mol. The van der Waals surface area contributed by atoms with E-state index >= 15 is 0 Å². The van der Waals surface area contributed by atoms with Gasteiger partial charge in [0.2, 0.25) is 0 Å². The molecule has 7 heteroatoms. The van der Waals surface area contributed by atoms with Crippen LogP contribution in [0, 0.1) is 6.92 Å². The van der Waals surface area contributed by atoms with Crippen molar-refractivity contribution in [1.29, 1.82) is 0 Å². The fourth-order valence-corrected chi connectivity index (χ4v) is 3.98. The minimum Gasteiger partial charge on any atom is -0.503 e. The number of aromatic hydroxyl groups is 1. The van der Waals surface area contributed by atoms with Crippen LogP contribution in [0.1, 0.15) is 21.5 Å². The van der Waals surface area contributed by atoms with E-state index in [-0.39, 0.29) is 27.9 Å². The molecule has 28 heavy (non-hydrogen) atoms. The summed E-state index contributed by atoms with van der Waals surface area (Å²) in [5.41, 5.74) is 1.86. The second-order valence-electron chi connectivity index (χ2n) is 6.19. The number of ketones is 1. The fourth-order valence-electron chi connectivity index (χ4n) is 2.73. The number of rotatable bonds is 4. The topological polar surface area (TPSA) is 68.5 Å². The number of hydrogen-bond donors (Lipinski definition) is 1. The van der Waals surface area contributed by atoms with Crippen molar-refractivity contribution >= 4 is 40.9 Å². The normalized spacial score (nSPS) is 12.4. The average molecular weight is 416 g/mol. The highest BCUT2D eigenvalue weighted by atomic mass is 35.5. The van der Waals surface area contributed by atoms with Crippen molar-refractivity contribution in [2.24, 2.45) is 7.05 Å². The molecule has 0 aliphatic rings. The molecule has 1 N–H and O–H groups in total. The lowest BCUT2D eigenvalue weighted by Crippen LogP contribution is -2.29. The summed E-state index contributed by atoms with van der Waals surface area (Å²) in [7, 11) is 3.04. The first-order valence-corrected chi connectivity index (χ1v) is 9.57. The average Bonchev–Trinajstić information content (AvgIpc) is 2.92. The van der Waals surface area contributed by atoms with E-state index in [1.54, 1.807) is 31.3 Å². The van der Waals surface area contributed by atoms with Crippen molar-refractivity contribution in [2.75, 3.05) is 7.11 Å². The number of aryl methyl sites for hydroxylation is 1. The number of ether oxygens (including phenoxy) is 1. The molecule has 0 aliphatic heterocycles. The van der Waals surface area contributed by atoms with Gasteiger partial charge in [-0.25, -0.2) is 0 Å². The number of aromatic nitrogens is 1. The number of phenols is 1. The Kier molecular flexibility index (Phi) is 5.72. The molecule has 0 saturated heterocycles. The minimum absolute atomic E-state index is 0.125. The number of carbonyl (C=O) groups excluding carboxylic acids is 1. The largest absolute Gasteiger partial charge is 0.503 e. The summed E-state index contributed by atoms with van der Waals surface area (Å²) in [4.78, 5) is 25.2. The molecule has 1 heterocycles. The van der Waals surface area contributed by atoms with E-state index in [4.69, 9.17) is 16.3 Å². The van der Waals surface area contributed by atoms with Crippen LogP contribution >= 0.6 is 22.9 Å². The number of methoxy groups -OCH3 is 1. The van der Waals surface area contributed by atoms with Crippen LogP contribution < -0.4 is 19.5 Å². The van der Waals surface area contributed by atoms with Gasteiger partial charge in [0.05, 0.1) is 16.7 Å². The monoisotopic (exact) mass is 415 g/mol. The van der Waals surface area contributed by atoms with Gasteiger partial charge in [-0.05, 0) is 36.3 Å². The summed E-state index contributed by atoms with van der Waals surface area (Å²) in [5, 5.41) is 9.97. The highest BCUT2D eigenvalue weighted by Crippen LogP contribution is 2.35. The molecule has 3 rings (SSSR count). The molecule has 0 spiro atoms. The maximum Gasteiger partial charge on any atom is 0.268 e. The van der Waals surface area contributed by atoms with Gasteiger partial charge in [-0.1, -0.05) is 35.9 Å². The van der Waals surface area contributed by atoms with Gasteiger partial charge in [0.15, 0.2) is 17.3 Å². The number of hydrogen-bond acceptors (Lipinski definition) is 5. The zero-order chi connectivity index (χ0) is 20.4. The molecule has 0 bridgehead atoms. The highest BCUT2D eigenvalue weighted by molar-refractivity contribution is 7.07. The Labute approximate surface area is 170 Å². The summed E-state index contributed by atoms with van der Waals surface area (Å²) < 4.78 is 7.51. The standard InChI is InChI=1S/C21H18ClNO4S/c1-12-6-4-5-7-14(12)16(24)11-19-23(2)21(26)18(28-19)10-13-8-15(22)20(25)17(9-13)27-3/h4-11,25H,1-3H3/b18-10-,19-11-. The SMILES string of the molecule is COc1cc(/C=c2\s/c(=C\C(=O)c3ccccc3C)n(C)c2=O)cc(Cl)c1O. The van der Waals surface area contributed by atoms with Crippen LogP contribution in [0.5, 0.6) is 11.5 Å². The molecule has 0 aliphatic carbocycles. The molecule has 2 aromatic carbocycles. The van der Waals surface area contributed by atoms with Gasteiger partial charge in [0.1, 0.15) is 4.66 Å². The number of phenolic OH excluding ortho intramolecular Hbond substituents is 1. The van der Waals surface area contributed by atoms with E-state index in [1.807, 2.05) is 25.1 Å². The fraction of sp³-hybridized carbons (Fsp3) is 0.143. The quantitative estimate of drug-likeness (QED) is 0.665. The van der Waals surface area contributed by atoms with Gasteiger partial charge in [0.25, 0.3) is 5.56 Å². The maximum absolute atomic E-state index is 12.6. The second kappa shape index (κ2) is 8.04. The van der Waals surface area contributed by atoms with Crippen molar-refractivity contribution in [3.8, 4) is 11.5 Å². The van der Waals surface area contributed by atoms with Crippen LogP contribution in [0.25, 0.3) is 12.2 Å². The van der Waals surface area contributed by atoms with Crippen LogP contribution in [0.4, 0.5) is 0 Å². The Bertz CT molecular complexity index is 1240. The number of Topliss-reactive ketones (excluding diaryl/α,β-unsaturated/α-hetero) is 1. The molecule has 0 atom stereocenters. The molecule has 0 radical (unpaired) electrons. The van der Waals surface area contributed by atoms with Crippen LogP contribution in [-0.2, 0) is 7.05 Å². The lowest BCUT2D eigenvalue weighted by atomic mass is 10.1. The highest BCUT2D eigenvalue weighted by Gasteiger charge is 2.10. The number of halogens is 1.